The molecule has 70 valence electrons. The number of ether oxygens (including phenoxy) is 1. The molecule has 0 aliphatic carbocycles. The minimum absolute atomic E-state index is 0.886. The van der Waals surface area contributed by atoms with Crippen molar-refractivity contribution in [3.05, 3.63) is 0 Å². The van der Waals surface area contributed by atoms with Crippen LogP contribution in [0.1, 0.15) is 6.92 Å². The second-order valence-electron chi connectivity index (χ2n) is 2.19. The molecule has 12 heavy (non-hydrogen) atoms. The number of aliphatic hydroxyl groups is 1. The van der Waals surface area contributed by atoms with Crippen LogP contribution in [0.2, 0.25) is 0 Å². The van der Waals surface area contributed by atoms with Gasteiger partial charge in [0, 0.05) is 0 Å². The van der Waals surface area contributed by atoms with Gasteiger partial charge in [0.25, 0.3) is 0 Å². The maximum atomic E-state index is 10.5. The van der Waals surface area contributed by atoms with E-state index in [4.69, 9.17) is 10.2 Å². The Balaban J connectivity index is 4.14. The average molecular weight is 177 g/mol. The number of carbonyl (C=O) groups is 2. The fourth-order valence-electron chi connectivity index (χ4n) is 0.575. The minimum Gasteiger partial charge on any atom is -0.480 e. The lowest BCUT2D eigenvalue weighted by Crippen LogP contribution is -2.47. The van der Waals surface area contributed by atoms with Gasteiger partial charge >= 0.3 is 12.1 Å². The van der Waals surface area contributed by atoms with Crippen molar-refractivity contribution in [2.24, 2.45) is 0 Å². The molecular weight excluding hydrogens is 166 g/mol. The molecule has 0 spiro atoms. The first-order valence-corrected chi connectivity index (χ1v) is 3.24. The summed E-state index contributed by atoms with van der Waals surface area (Å²) in [5.74, 6) is -1.31. The van der Waals surface area contributed by atoms with Gasteiger partial charge in [0.1, 0.15) is 0 Å². The Hall–Kier alpha value is -1.30. The highest BCUT2D eigenvalue weighted by molar-refractivity contribution is 5.80. The molecule has 0 saturated carbocycles. The molecule has 0 bridgehead atoms. The molecule has 6 heteroatoms. The van der Waals surface area contributed by atoms with Crippen LogP contribution in [0.3, 0.4) is 0 Å². The highest BCUT2D eigenvalue weighted by Gasteiger charge is 2.24. The fraction of sp³-hybridized carbons (Fsp3) is 0.667. The number of nitrogens with one attached hydrogen (secondary N) is 1. The Morgan fingerprint density at radius 3 is 2.25 bits per heavy atom. The number of aliphatic carboxylic acids is 1. The van der Waals surface area contributed by atoms with Crippen LogP contribution in [0, 0.1) is 0 Å². The molecule has 6 nitrogen and oxygen atoms in total. The van der Waals surface area contributed by atoms with Crippen LogP contribution in [0.5, 0.6) is 0 Å². The Morgan fingerprint density at radius 2 is 2.00 bits per heavy atom. The lowest BCUT2D eigenvalue weighted by atomic mass is 10.2. The van der Waals surface area contributed by atoms with Crippen LogP contribution in [-0.2, 0) is 9.53 Å². The van der Waals surface area contributed by atoms with Crippen molar-refractivity contribution in [3.63, 3.8) is 0 Å². The number of hydrogen-bond donors (Lipinski definition) is 3. The monoisotopic (exact) mass is 177 g/mol. The van der Waals surface area contributed by atoms with Crippen molar-refractivity contribution in [1.29, 1.82) is 0 Å². The molecule has 3 N–H and O–H groups in total. The predicted octanol–water partition coefficient (Wildman–Crippen LogP) is -0.824. The van der Waals surface area contributed by atoms with Crippen LogP contribution in [0.25, 0.3) is 0 Å². The molecule has 0 aliphatic heterocycles. The van der Waals surface area contributed by atoms with Gasteiger partial charge in [0.05, 0.1) is 13.2 Å². The third-order valence-electron chi connectivity index (χ3n) is 1.21. The van der Waals surface area contributed by atoms with Gasteiger partial charge in [-0.15, -0.1) is 0 Å². The first-order valence-electron chi connectivity index (χ1n) is 3.24. The third-order valence-corrected chi connectivity index (χ3v) is 1.21. The van der Waals surface area contributed by atoms with E-state index >= 15 is 0 Å². The maximum Gasteiger partial charge on any atom is 0.407 e. The summed E-state index contributed by atoms with van der Waals surface area (Å²) in [6.45, 7) is 1.26. The molecule has 0 aromatic heterocycles. The average Bonchev–Trinajstić information content (AvgIpc) is 1.98. The van der Waals surface area contributed by atoms with Gasteiger partial charge in [0.15, 0.2) is 6.04 Å². The third kappa shape index (κ3) is 3.20. The molecule has 0 heterocycles. The van der Waals surface area contributed by atoms with Gasteiger partial charge < -0.3 is 20.3 Å². The number of rotatable bonds is 3. The highest BCUT2D eigenvalue weighted by atomic mass is 16.5. The van der Waals surface area contributed by atoms with Crippen molar-refractivity contribution in [1.82, 2.24) is 5.32 Å². The van der Waals surface area contributed by atoms with Crippen LogP contribution >= 0.6 is 0 Å². The number of carboxylic acids is 1. The molecule has 0 fully saturated rings. The Morgan fingerprint density at radius 1 is 1.50 bits per heavy atom. The molecule has 0 saturated heterocycles. The summed E-state index contributed by atoms with van der Waals surface area (Å²) in [6.07, 6.45) is -2.05. The highest BCUT2D eigenvalue weighted by Crippen LogP contribution is 1.93. The summed E-state index contributed by atoms with van der Waals surface area (Å²) < 4.78 is 4.16. The number of carbonyl (C=O) groups excluding carboxylic acids is 1. The van der Waals surface area contributed by atoms with E-state index in [1.54, 1.807) is 0 Å². The zero-order chi connectivity index (χ0) is 9.72. The smallest absolute Gasteiger partial charge is 0.407 e. The van der Waals surface area contributed by atoms with E-state index in [-0.39, 0.29) is 0 Å². The normalized spacial score (nSPS) is 14.6. The van der Waals surface area contributed by atoms with Crippen molar-refractivity contribution in [2.45, 2.75) is 19.1 Å². The quantitative estimate of drug-likeness (QED) is 0.523. The number of alkyl carbamates (subject to hydrolysis) is 1. The summed E-state index contributed by atoms with van der Waals surface area (Å²) in [7, 11) is 1.11. The summed E-state index contributed by atoms with van der Waals surface area (Å²) in [5, 5.41) is 19.3. The zero-order valence-corrected chi connectivity index (χ0v) is 6.77. The first-order chi connectivity index (χ1) is 5.49. The molecule has 0 aromatic rings. The zero-order valence-electron chi connectivity index (χ0n) is 6.77. The summed E-state index contributed by atoms with van der Waals surface area (Å²) in [6, 6.07) is -1.34. The van der Waals surface area contributed by atoms with Crippen LogP contribution in [0.15, 0.2) is 0 Å². The van der Waals surface area contributed by atoms with Crippen LogP contribution < -0.4 is 5.32 Å². The predicted molar refractivity (Wildman–Crippen MR) is 38.6 cm³/mol. The Labute approximate surface area is 69.1 Å². The van der Waals surface area contributed by atoms with Crippen LogP contribution in [-0.4, -0.2) is 41.5 Å². The lowest BCUT2D eigenvalue weighted by molar-refractivity contribution is -0.141. The van der Waals surface area contributed by atoms with E-state index in [0.717, 1.165) is 7.11 Å². The minimum atomic E-state index is -1.34. The number of methoxy groups -OCH3 is 1. The number of hydrogen-bond acceptors (Lipinski definition) is 4. The molecular formula is C6H11NO5. The van der Waals surface area contributed by atoms with Crippen molar-refractivity contribution >= 4 is 12.1 Å². The van der Waals surface area contributed by atoms with E-state index in [9.17, 15) is 9.59 Å². The Bertz CT molecular complexity index is 179. The van der Waals surface area contributed by atoms with Gasteiger partial charge in [0.2, 0.25) is 0 Å². The maximum absolute atomic E-state index is 10.5. The van der Waals surface area contributed by atoms with Gasteiger partial charge in [-0.3, -0.25) is 0 Å². The van der Waals surface area contributed by atoms with Crippen molar-refractivity contribution in [3.8, 4) is 0 Å². The topological polar surface area (TPSA) is 95.9 Å². The van der Waals surface area contributed by atoms with Crippen molar-refractivity contribution < 1.29 is 24.5 Å². The van der Waals surface area contributed by atoms with E-state index in [1.807, 2.05) is 5.32 Å². The summed E-state index contributed by atoms with van der Waals surface area (Å²) in [5.41, 5.74) is 0. The largest absolute Gasteiger partial charge is 0.480 e. The fourth-order valence-corrected chi connectivity index (χ4v) is 0.575. The summed E-state index contributed by atoms with van der Waals surface area (Å²) >= 11 is 0. The standard InChI is InChI=1S/C6H11NO5/c1-3(8)4(5(9)10)7-6(11)12-2/h3-4,8H,1-2H3,(H,7,11)(H,9,10)/t3-,4-/m0/s1. The molecule has 0 aliphatic rings. The SMILES string of the molecule is COC(=O)N[C@H](C(=O)O)[C@H](C)O. The molecule has 0 radical (unpaired) electrons. The Kier molecular flexibility index (Phi) is 4.06. The molecule has 1 amide bonds. The van der Waals surface area contributed by atoms with Crippen molar-refractivity contribution in [2.75, 3.05) is 7.11 Å². The van der Waals surface area contributed by atoms with E-state index < -0.39 is 24.2 Å². The van der Waals surface area contributed by atoms with E-state index in [1.165, 1.54) is 6.92 Å². The molecule has 0 unspecified atom stereocenters. The molecule has 0 rings (SSSR count). The number of amides is 1. The van der Waals surface area contributed by atoms with Gasteiger partial charge in [-0.05, 0) is 6.92 Å². The van der Waals surface area contributed by atoms with Crippen LogP contribution in [0.4, 0.5) is 4.79 Å². The van der Waals surface area contributed by atoms with E-state index in [0.29, 0.717) is 0 Å². The number of aliphatic hydroxyl groups excluding tert-OH is 1. The van der Waals surface area contributed by atoms with Gasteiger partial charge in [-0.2, -0.15) is 0 Å². The van der Waals surface area contributed by atoms with E-state index in [2.05, 4.69) is 4.74 Å². The first kappa shape index (κ1) is 10.7. The lowest BCUT2D eigenvalue weighted by Gasteiger charge is -2.15. The van der Waals surface area contributed by atoms with Gasteiger partial charge in [-0.25, -0.2) is 9.59 Å². The second-order valence-corrected chi connectivity index (χ2v) is 2.19. The summed E-state index contributed by atoms with van der Waals surface area (Å²) in [4.78, 5) is 20.9. The molecule has 2 atom stereocenters. The number of carboxylic acid groups (broad SMARTS) is 1. The molecule has 0 aromatic carbocycles. The second kappa shape index (κ2) is 4.55. The van der Waals surface area contributed by atoms with Gasteiger partial charge in [-0.1, -0.05) is 0 Å².